The fourth-order valence-corrected chi connectivity index (χ4v) is 3.90. The van der Waals surface area contributed by atoms with Gasteiger partial charge in [0.25, 0.3) is 5.56 Å². The zero-order chi connectivity index (χ0) is 27.8. The molecule has 2 amide bonds. The molecular weight excluding hydrogens is 506 g/mol. The molecule has 196 valence electrons. The maximum absolute atomic E-state index is 13.8. The molecule has 0 aliphatic heterocycles. The molecule has 0 aliphatic rings. The first kappa shape index (κ1) is 28.0. The van der Waals surface area contributed by atoms with Gasteiger partial charge < -0.3 is 20.7 Å². The molecule has 0 radical (unpaired) electrons. The zero-order valence-corrected chi connectivity index (χ0v) is 22.3. The number of carbonyl (C=O) groups is 1. The minimum absolute atomic E-state index is 0.0143. The highest BCUT2D eigenvalue weighted by atomic mass is 35.5. The van der Waals surface area contributed by atoms with Crippen LogP contribution in [0.5, 0.6) is 0 Å². The van der Waals surface area contributed by atoms with Gasteiger partial charge in [-0.05, 0) is 51.1 Å². The number of carbonyl (C=O) groups excluding carboxylic acids is 1. The molecule has 0 aliphatic carbocycles. The summed E-state index contributed by atoms with van der Waals surface area (Å²) in [5, 5.41) is 18.4. The van der Waals surface area contributed by atoms with E-state index in [0.29, 0.717) is 29.1 Å². The lowest BCUT2D eigenvalue weighted by atomic mass is 10.2. The Morgan fingerprint density at radius 3 is 2.74 bits per heavy atom. The van der Waals surface area contributed by atoms with Gasteiger partial charge in [0.2, 0.25) is 5.88 Å². The number of anilines is 1. The summed E-state index contributed by atoms with van der Waals surface area (Å²) in [7, 11) is 1.63. The molecule has 11 heteroatoms. The van der Waals surface area contributed by atoms with Crippen molar-refractivity contribution in [3.05, 3.63) is 87.4 Å². The molecule has 3 aromatic rings. The Hall–Kier alpha value is -4.62. The molecule has 1 unspecified atom stereocenters. The van der Waals surface area contributed by atoms with Crippen molar-refractivity contribution < 1.29 is 9.53 Å². The Labute approximate surface area is 225 Å². The molecule has 2 aromatic carbocycles. The molecule has 0 saturated carbocycles. The Morgan fingerprint density at radius 2 is 2.08 bits per heavy atom. The summed E-state index contributed by atoms with van der Waals surface area (Å²) in [6.07, 6.45) is 0.636. The predicted octanol–water partition coefficient (Wildman–Crippen LogP) is 4.82. The standard InChI is InChI=1S/C27H28ClN7O3/c1-6-31-25(20(15-29)16(3)30-5)38-17(4)24-34-22-13-9-12-21(28)23(22)26(36)35(24)19-11-8-10-18(14-19)33-27(37)32-7-2/h6,8-14,17,30H,3,7H2,1-2,4-5H3,(H2,32,33,37)/b25-20+,31-6?. The summed E-state index contributed by atoms with van der Waals surface area (Å²) in [5.74, 6) is 0.247. The summed E-state index contributed by atoms with van der Waals surface area (Å²) in [5.41, 5.74) is 1.26. The van der Waals surface area contributed by atoms with E-state index in [0.717, 1.165) is 0 Å². The van der Waals surface area contributed by atoms with Crippen molar-refractivity contribution in [1.82, 2.24) is 20.2 Å². The van der Waals surface area contributed by atoms with Crippen LogP contribution in [-0.4, -0.2) is 35.4 Å². The SMILES string of the molecule is C=C(NC)/C(C#N)=C(\N=CC)OC(C)c1nc2cccc(Cl)c2c(=O)n1-c1cccc(NC(=O)NCC)c1. The molecule has 38 heavy (non-hydrogen) atoms. The van der Waals surface area contributed by atoms with E-state index < -0.39 is 11.7 Å². The number of likely N-dealkylation sites (N-methyl/N-ethyl adjacent to an activating group) is 1. The van der Waals surface area contributed by atoms with Crippen LogP contribution in [0.3, 0.4) is 0 Å². The van der Waals surface area contributed by atoms with Crippen molar-refractivity contribution in [1.29, 1.82) is 5.26 Å². The average Bonchev–Trinajstić information content (AvgIpc) is 2.89. The van der Waals surface area contributed by atoms with Crippen molar-refractivity contribution in [2.45, 2.75) is 26.9 Å². The van der Waals surface area contributed by atoms with Crippen LogP contribution >= 0.6 is 11.6 Å². The highest BCUT2D eigenvalue weighted by molar-refractivity contribution is 6.35. The number of allylic oxidation sites excluding steroid dienone is 1. The quantitative estimate of drug-likeness (QED) is 0.156. The molecule has 0 fully saturated rings. The fraction of sp³-hybridized carbons (Fsp3) is 0.222. The van der Waals surface area contributed by atoms with E-state index in [1.165, 1.54) is 10.8 Å². The molecule has 1 heterocycles. The van der Waals surface area contributed by atoms with Crippen molar-refractivity contribution in [2.24, 2.45) is 4.99 Å². The first-order chi connectivity index (χ1) is 18.2. The third-order valence-corrected chi connectivity index (χ3v) is 5.71. The summed E-state index contributed by atoms with van der Waals surface area (Å²) in [6.45, 7) is 9.47. The van der Waals surface area contributed by atoms with Gasteiger partial charge >= 0.3 is 6.03 Å². The monoisotopic (exact) mass is 533 g/mol. The number of amides is 2. The lowest BCUT2D eigenvalue weighted by molar-refractivity contribution is 0.120. The second-order valence-corrected chi connectivity index (χ2v) is 8.35. The summed E-state index contributed by atoms with van der Waals surface area (Å²) in [6, 6.07) is 13.4. The maximum atomic E-state index is 13.8. The maximum Gasteiger partial charge on any atom is 0.319 e. The molecule has 10 nitrogen and oxygen atoms in total. The second kappa shape index (κ2) is 12.6. The third-order valence-electron chi connectivity index (χ3n) is 5.40. The average molecular weight is 534 g/mol. The zero-order valence-electron chi connectivity index (χ0n) is 21.5. The van der Waals surface area contributed by atoms with E-state index in [1.54, 1.807) is 63.4 Å². The normalized spacial score (nSPS) is 12.4. The van der Waals surface area contributed by atoms with Crippen LogP contribution in [0.2, 0.25) is 5.02 Å². The Balaban J connectivity index is 2.24. The highest BCUT2D eigenvalue weighted by Crippen LogP contribution is 2.28. The number of fused-ring (bicyclic) bond motifs is 1. The summed E-state index contributed by atoms with van der Waals surface area (Å²) >= 11 is 6.40. The van der Waals surface area contributed by atoms with Gasteiger partial charge in [-0.2, -0.15) is 5.26 Å². The van der Waals surface area contributed by atoms with Crippen LogP contribution in [0.1, 0.15) is 32.7 Å². The smallest absolute Gasteiger partial charge is 0.319 e. The van der Waals surface area contributed by atoms with E-state index in [-0.39, 0.29) is 33.7 Å². The molecular formula is C27H28ClN7O3. The topological polar surface area (TPSA) is 133 Å². The molecule has 0 saturated heterocycles. The van der Waals surface area contributed by atoms with Gasteiger partial charge in [-0.1, -0.05) is 30.3 Å². The van der Waals surface area contributed by atoms with Crippen molar-refractivity contribution in [3.63, 3.8) is 0 Å². The van der Waals surface area contributed by atoms with Gasteiger partial charge in [0.15, 0.2) is 11.9 Å². The lowest BCUT2D eigenvalue weighted by Crippen LogP contribution is -2.28. The van der Waals surface area contributed by atoms with E-state index in [4.69, 9.17) is 21.3 Å². The number of ether oxygens (including phenoxy) is 1. The van der Waals surface area contributed by atoms with Crippen LogP contribution in [0, 0.1) is 11.3 Å². The van der Waals surface area contributed by atoms with Gasteiger partial charge in [0, 0.05) is 25.5 Å². The number of nitrogens with zero attached hydrogens (tertiary/aromatic N) is 4. The molecule has 3 rings (SSSR count). The van der Waals surface area contributed by atoms with E-state index in [2.05, 4.69) is 33.6 Å². The van der Waals surface area contributed by atoms with Gasteiger partial charge in [-0.15, -0.1) is 0 Å². The number of aliphatic imine (C=N–C) groups is 1. The number of halogens is 1. The second-order valence-electron chi connectivity index (χ2n) is 7.95. The van der Waals surface area contributed by atoms with Gasteiger partial charge in [0.1, 0.15) is 11.6 Å². The van der Waals surface area contributed by atoms with Gasteiger partial charge in [-0.3, -0.25) is 9.36 Å². The van der Waals surface area contributed by atoms with E-state index in [9.17, 15) is 14.9 Å². The van der Waals surface area contributed by atoms with Crippen LogP contribution < -0.4 is 21.5 Å². The summed E-state index contributed by atoms with van der Waals surface area (Å²) in [4.78, 5) is 34.8. The van der Waals surface area contributed by atoms with Gasteiger partial charge in [0.05, 0.1) is 27.3 Å². The Bertz CT molecular complexity index is 1540. The molecule has 3 N–H and O–H groups in total. The Morgan fingerprint density at radius 1 is 1.34 bits per heavy atom. The number of urea groups is 1. The third kappa shape index (κ3) is 6.02. The van der Waals surface area contributed by atoms with Crippen molar-refractivity contribution in [3.8, 4) is 11.8 Å². The minimum atomic E-state index is -0.849. The molecule has 0 bridgehead atoms. The van der Waals surface area contributed by atoms with Crippen LogP contribution in [0.15, 0.2) is 76.0 Å². The number of benzene rings is 2. The molecule has 1 atom stereocenters. The van der Waals surface area contributed by atoms with Crippen LogP contribution in [0.4, 0.5) is 10.5 Å². The largest absolute Gasteiger partial charge is 0.465 e. The predicted molar refractivity (Wildman–Crippen MR) is 150 cm³/mol. The van der Waals surface area contributed by atoms with Crippen LogP contribution in [-0.2, 0) is 4.74 Å². The van der Waals surface area contributed by atoms with Gasteiger partial charge in [-0.25, -0.2) is 14.8 Å². The minimum Gasteiger partial charge on any atom is -0.465 e. The number of hydrogen-bond acceptors (Lipinski definition) is 7. The van der Waals surface area contributed by atoms with Crippen LogP contribution in [0.25, 0.3) is 16.6 Å². The van der Waals surface area contributed by atoms with E-state index >= 15 is 0 Å². The number of aromatic nitrogens is 2. The first-order valence-corrected chi connectivity index (χ1v) is 12.2. The number of nitrogens with one attached hydrogen (secondary N) is 3. The first-order valence-electron chi connectivity index (χ1n) is 11.8. The fourth-order valence-electron chi connectivity index (χ4n) is 3.65. The number of nitriles is 1. The number of rotatable bonds is 9. The Kier molecular flexibility index (Phi) is 9.24. The van der Waals surface area contributed by atoms with E-state index in [1.807, 2.05) is 6.92 Å². The molecule has 0 spiro atoms. The summed E-state index contributed by atoms with van der Waals surface area (Å²) < 4.78 is 7.47. The lowest BCUT2D eigenvalue weighted by Gasteiger charge is -2.21. The molecule has 1 aromatic heterocycles. The van der Waals surface area contributed by atoms with Crippen molar-refractivity contribution >= 4 is 40.4 Å². The highest BCUT2D eigenvalue weighted by Gasteiger charge is 2.23. The number of hydrogen-bond donors (Lipinski definition) is 3. The van der Waals surface area contributed by atoms with Crippen molar-refractivity contribution in [2.75, 3.05) is 18.9 Å².